The molecule has 2 aromatic rings. The Bertz CT molecular complexity index is 1030. The Labute approximate surface area is 180 Å². The lowest BCUT2D eigenvalue weighted by Crippen LogP contribution is -2.50. The van der Waals surface area contributed by atoms with Gasteiger partial charge in [0.15, 0.2) is 0 Å². The first-order chi connectivity index (χ1) is 14.6. The second-order valence-electron chi connectivity index (χ2n) is 9.03. The Hall–Kier alpha value is -3.17. The molecule has 2 aromatic heterocycles. The van der Waals surface area contributed by atoms with Crippen molar-refractivity contribution < 1.29 is 19.1 Å². The molecular formula is C21H28N6O4. The normalized spacial score (nSPS) is 20.2. The van der Waals surface area contributed by atoms with E-state index in [2.05, 4.69) is 20.3 Å². The maximum Gasteiger partial charge on any atom is 0.410 e. The van der Waals surface area contributed by atoms with Gasteiger partial charge in [0, 0.05) is 57.3 Å². The van der Waals surface area contributed by atoms with Gasteiger partial charge < -0.3 is 14.5 Å². The van der Waals surface area contributed by atoms with Crippen LogP contribution < -0.4 is 10.2 Å². The van der Waals surface area contributed by atoms with Gasteiger partial charge in [-0.25, -0.2) is 9.78 Å². The molecule has 2 fully saturated rings. The molecule has 3 amide bonds. The number of anilines is 1. The van der Waals surface area contributed by atoms with E-state index in [0.717, 1.165) is 16.7 Å². The van der Waals surface area contributed by atoms with Crippen LogP contribution in [0.5, 0.6) is 0 Å². The number of hydrogen-bond acceptors (Lipinski definition) is 7. The number of amides is 3. The number of aromatic nitrogens is 3. The Morgan fingerprint density at radius 1 is 1.19 bits per heavy atom. The Kier molecular flexibility index (Phi) is 5.32. The van der Waals surface area contributed by atoms with Gasteiger partial charge in [-0.05, 0) is 27.2 Å². The summed E-state index contributed by atoms with van der Waals surface area (Å²) in [5.41, 5.74) is 1.01. The van der Waals surface area contributed by atoms with Crippen LogP contribution in [0.25, 0.3) is 10.9 Å². The van der Waals surface area contributed by atoms with Gasteiger partial charge in [0.1, 0.15) is 11.4 Å². The number of pyridine rings is 1. The van der Waals surface area contributed by atoms with Crippen molar-refractivity contribution in [1.29, 1.82) is 0 Å². The first-order valence-corrected chi connectivity index (χ1v) is 10.5. The van der Waals surface area contributed by atoms with Crippen molar-refractivity contribution in [3.05, 3.63) is 18.0 Å². The number of piperazine rings is 1. The summed E-state index contributed by atoms with van der Waals surface area (Å²) >= 11 is 0. The third-order valence-electron chi connectivity index (χ3n) is 5.57. The van der Waals surface area contributed by atoms with Crippen LogP contribution in [0.1, 0.15) is 45.2 Å². The highest BCUT2D eigenvalue weighted by molar-refractivity contribution is 6.02. The minimum absolute atomic E-state index is 0.243. The summed E-state index contributed by atoms with van der Waals surface area (Å²) in [7, 11) is 1.84. The number of nitrogens with one attached hydrogen (secondary N) is 1. The van der Waals surface area contributed by atoms with Crippen molar-refractivity contribution in [2.45, 2.75) is 45.1 Å². The van der Waals surface area contributed by atoms with Crippen molar-refractivity contribution in [2.24, 2.45) is 7.05 Å². The summed E-state index contributed by atoms with van der Waals surface area (Å²) in [6, 6.07) is 1.96. The zero-order valence-electron chi connectivity index (χ0n) is 18.3. The summed E-state index contributed by atoms with van der Waals surface area (Å²) in [5.74, 6) is -0.202. The molecule has 1 atom stereocenters. The second kappa shape index (κ2) is 7.82. The molecule has 166 valence electrons. The highest BCUT2D eigenvalue weighted by Crippen LogP contribution is 2.31. The van der Waals surface area contributed by atoms with Crippen molar-refractivity contribution in [1.82, 2.24) is 25.0 Å². The minimum atomic E-state index is -0.513. The van der Waals surface area contributed by atoms with Gasteiger partial charge in [-0.1, -0.05) is 0 Å². The molecule has 0 radical (unpaired) electrons. The van der Waals surface area contributed by atoms with Gasteiger partial charge in [-0.15, -0.1) is 0 Å². The summed E-state index contributed by atoms with van der Waals surface area (Å²) < 4.78 is 7.20. The van der Waals surface area contributed by atoms with Crippen LogP contribution >= 0.6 is 0 Å². The zero-order valence-corrected chi connectivity index (χ0v) is 18.3. The number of aryl methyl sites for hydroxylation is 1. The SMILES string of the molecule is Cn1nc(C2CCC(=O)NC2=O)c2cnc(N3CCN(C(=O)OC(C)(C)C)CC3)cc21. The Balaban J connectivity index is 1.49. The minimum Gasteiger partial charge on any atom is -0.444 e. The lowest BCUT2D eigenvalue weighted by Gasteiger charge is -2.36. The summed E-state index contributed by atoms with van der Waals surface area (Å²) in [4.78, 5) is 44.5. The lowest BCUT2D eigenvalue weighted by molar-refractivity contribution is -0.134. The highest BCUT2D eigenvalue weighted by atomic mass is 16.6. The molecule has 0 bridgehead atoms. The van der Waals surface area contributed by atoms with Crippen molar-refractivity contribution in [2.75, 3.05) is 31.1 Å². The number of hydrogen-bond donors (Lipinski definition) is 1. The van der Waals surface area contributed by atoms with Crippen LogP contribution in [0, 0.1) is 0 Å². The molecule has 0 aromatic carbocycles. The van der Waals surface area contributed by atoms with Crippen molar-refractivity contribution in [3.8, 4) is 0 Å². The van der Waals surface area contributed by atoms with Gasteiger partial charge in [-0.3, -0.25) is 19.6 Å². The molecule has 10 nitrogen and oxygen atoms in total. The molecule has 4 heterocycles. The van der Waals surface area contributed by atoms with Gasteiger partial charge in [0.05, 0.1) is 17.1 Å². The molecule has 10 heteroatoms. The standard InChI is InChI=1S/C21H28N6O4/c1-21(2,3)31-20(30)27-9-7-26(8-10-27)16-11-15-14(12-22-16)18(24-25(15)4)13-5-6-17(28)23-19(13)29/h11-13H,5-10H2,1-4H3,(H,23,28,29). The average molecular weight is 428 g/mol. The van der Waals surface area contributed by atoms with Crippen LogP contribution in [-0.4, -0.2) is 69.4 Å². The number of carbonyl (C=O) groups is 3. The molecule has 2 aliphatic heterocycles. The fraction of sp³-hybridized carbons (Fsp3) is 0.571. The smallest absolute Gasteiger partial charge is 0.410 e. The topological polar surface area (TPSA) is 110 Å². The first kappa shape index (κ1) is 21.1. The van der Waals surface area contributed by atoms with Gasteiger partial charge in [-0.2, -0.15) is 5.10 Å². The first-order valence-electron chi connectivity index (χ1n) is 10.5. The van der Waals surface area contributed by atoms with E-state index in [4.69, 9.17) is 4.74 Å². The molecule has 2 aliphatic rings. The lowest BCUT2D eigenvalue weighted by atomic mass is 9.93. The van der Waals surface area contributed by atoms with Crippen LogP contribution in [0.2, 0.25) is 0 Å². The molecule has 1 unspecified atom stereocenters. The van der Waals surface area contributed by atoms with Gasteiger partial charge in [0.25, 0.3) is 0 Å². The highest BCUT2D eigenvalue weighted by Gasteiger charge is 2.32. The Morgan fingerprint density at radius 2 is 1.90 bits per heavy atom. The average Bonchev–Trinajstić information content (AvgIpc) is 3.03. The molecule has 0 spiro atoms. The predicted molar refractivity (Wildman–Crippen MR) is 114 cm³/mol. The number of fused-ring (bicyclic) bond motifs is 1. The maximum atomic E-state index is 12.3. The van der Waals surface area contributed by atoms with Gasteiger partial charge >= 0.3 is 6.09 Å². The second-order valence-corrected chi connectivity index (χ2v) is 9.03. The number of rotatable bonds is 2. The number of imide groups is 1. The van der Waals surface area contributed by atoms with E-state index in [1.165, 1.54) is 0 Å². The molecular weight excluding hydrogens is 400 g/mol. The van der Waals surface area contributed by atoms with Crippen LogP contribution in [-0.2, 0) is 21.4 Å². The molecule has 0 saturated carbocycles. The van der Waals surface area contributed by atoms with E-state index in [-0.39, 0.29) is 17.9 Å². The van der Waals surface area contributed by atoms with E-state index >= 15 is 0 Å². The van der Waals surface area contributed by atoms with E-state index in [9.17, 15) is 14.4 Å². The van der Waals surface area contributed by atoms with Crippen molar-refractivity contribution >= 4 is 34.6 Å². The van der Waals surface area contributed by atoms with E-state index in [0.29, 0.717) is 44.7 Å². The van der Waals surface area contributed by atoms with E-state index in [1.54, 1.807) is 15.8 Å². The summed E-state index contributed by atoms with van der Waals surface area (Å²) in [5, 5.41) is 7.77. The number of ether oxygens (including phenoxy) is 1. The molecule has 4 rings (SSSR count). The number of nitrogens with zero attached hydrogens (tertiary/aromatic N) is 5. The third kappa shape index (κ3) is 4.33. The zero-order chi connectivity index (χ0) is 22.3. The molecule has 31 heavy (non-hydrogen) atoms. The fourth-order valence-electron chi connectivity index (χ4n) is 4.00. The van der Waals surface area contributed by atoms with Crippen LogP contribution in [0.4, 0.5) is 10.6 Å². The molecule has 1 N–H and O–H groups in total. The molecule has 2 saturated heterocycles. The monoisotopic (exact) mass is 428 g/mol. The third-order valence-corrected chi connectivity index (χ3v) is 5.57. The summed E-state index contributed by atoms with van der Waals surface area (Å²) in [6.07, 6.45) is 2.21. The Morgan fingerprint density at radius 3 is 2.55 bits per heavy atom. The largest absolute Gasteiger partial charge is 0.444 e. The predicted octanol–water partition coefficient (Wildman–Crippen LogP) is 1.55. The quantitative estimate of drug-likeness (QED) is 0.723. The fourth-order valence-corrected chi connectivity index (χ4v) is 4.00. The maximum absolute atomic E-state index is 12.3. The van der Waals surface area contributed by atoms with Crippen LogP contribution in [0.15, 0.2) is 12.3 Å². The van der Waals surface area contributed by atoms with E-state index in [1.807, 2.05) is 33.9 Å². The number of piperidine rings is 1. The summed E-state index contributed by atoms with van der Waals surface area (Å²) in [6.45, 7) is 7.99. The van der Waals surface area contributed by atoms with Gasteiger partial charge in [0.2, 0.25) is 11.8 Å². The number of carbonyl (C=O) groups excluding carboxylic acids is 3. The van der Waals surface area contributed by atoms with Crippen LogP contribution in [0.3, 0.4) is 0 Å². The van der Waals surface area contributed by atoms with Crippen molar-refractivity contribution in [3.63, 3.8) is 0 Å². The molecule has 0 aliphatic carbocycles. The van der Waals surface area contributed by atoms with E-state index < -0.39 is 11.5 Å².